The van der Waals surface area contributed by atoms with Gasteiger partial charge in [0, 0.05) is 34.6 Å². The molecule has 0 fully saturated rings. The molecule has 0 bridgehead atoms. The minimum absolute atomic E-state index is 0.0299. The fourth-order valence-electron chi connectivity index (χ4n) is 4.90. The monoisotopic (exact) mass is 454 g/mol. The van der Waals surface area contributed by atoms with Crippen molar-refractivity contribution < 1.29 is 14.6 Å². The molecule has 3 heterocycles. The number of rotatable bonds is 4. The molecule has 2 aromatic heterocycles. The topological polar surface area (TPSA) is 64.5 Å². The second kappa shape index (κ2) is 8.10. The Labute approximate surface area is 200 Å². The molecule has 0 aliphatic carbocycles. The van der Waals surface area contributed by atoms with Gasteiger partial charge in [-0.05, 0) is 87.2 Å². The second-order valence-electron chi connectivity index (χ2n) is 10.0. The number of aryl methyl sites for hydroxylation is 2. The van der Waals surface area contributed by atoms with Crippen LogP contribution in [-0.2, 0) is 11.2 Å². The number of hydrogen-bond donors (Lipinski definition) is 1. The van der Waals surface area contributed by atoms with Crippen LogP contribution < -0.4 is 4.74 Å². The molecule has 0 spiro atoms. The summed E-state index contributed by atoms with van der Waals surface area (Å²) in [6.07, 6.45) is 2.01. The molecule has 1 atom stereocenters. The van der Waals surface area contributed by atoms with E-state index in [1.54, 1.807) is 0 Å². The number of aromatic nitrogens is 2. The smallest absolute Gasteiger partial charge is 0.140 e. The van der Waals surface area contributed by atoms with Gasteiger partial charge in [0.2, 0.25) is 0 Å². The Morgan fingerprint density at radius 1 is 1.15 bits per heavy atom. The van der Waals surface area contributed by atoms with Crippen molar-refractivity contribution >= 4 is 21.8 Å². The molecule has 0 saturated carbocycles. The molecule has 1 aliphatic rings. The molecule has 0 unspecified atom stereocenters. The SMILES string of the molecule is C=C(O)[C@@H](OC(C)(C)C)c1c(C)cc2nc(C)ccc2c1-c1ccc2c3c(ccnc13)CCO2. The van der Waals surface area contributed by atoms with Crippen LogP contribution in [0.1, 0.15) is 49.3 Å². The van der Waals surface area contributed by atoms with Gasteiger partial charge < -0.3 is 14.6 Å². The van der Waals surface area contributed by atoms with Gasteiger partial charge >= 0.3 is 0 Å². The van der Waals surface area contributed by atoms with Crippen LogP contribution in [0.3, 0.4) is 0 Å². The quantitative estimate of drug-likeness (QED) is 0.339. The number of hydrogen-bond acceptors (Lipinski definition) is 5. The van der Waals surface area contributed by atoms with E-state index in [1.165, 1.54) is 5.56 Å². The summed E-state index contributed by atoms with van der Waals surface area (Å²) in [5, 5.41) is 12.7. The van der Waals surface area contributed by atoms with Gasteiger partial charge in [-0.25, -0.2) is 0 Å². The second-order valence-corrected chi connectivity index (χ2v) is 10.0. The number of aliphatic hydroxyl groups excluding tert-OH is 1. The average molecular weight is 455 g/mol. The number of fused-ring (bicyclic) bond motifs is 1. The highest BCUT2D eigenvalue weighted by molar-refractivity contribution is 6.07. The minimum Gasteiger partial charge on any atom is -0.510 e. The summed E-state index contributed by atoms with van der Waals surface area (Å²) in [5.74, 6) is 0.826. The van der Waals surface area contributed by atoms with E-state index >= 15 is 0 Å². The largest absolute Gasteiger partial charge is 0.510 e. The van der Waals surface area contributed by atoms with E-state index in [-0.39, 0.29) is 5.76 Å². The average Bonchev–Trinajstić information content (AvgIpc) is 2.77. The lowest BCUT2D eigenvalue weighted by molar-refractivity contribution is -0.0594. The van der Waals surface area contributed by atoms with Crippen molar-refractivity contribution in [3.8, 4) is 16.9 Å². The van der Waals surface area contributed by atoms with Crippen LogP contribution in [0.25, 0.3) is 32.9 Å². The van der Waals surface area contributed by atoms with E-state index in [4.69, 9.17) is 19.4 Å². The fourth-order valence-corrected chi connectivity index (χ4v) is 4.90. The maximum Gasteiger partial charge on any atom is 0.140 e. The van der Waals surface area contributed by atoms with Gasteiger partial charge in [-0.3, -0.25) is 9.97 Å². The molecule has 34 heavy (non-hydrogen) atoms. The van der Waals surface area contributed by atoms with Crippen LogP contribution in [0.2, 0.25) is 0 Å². The molecule has 5 heteroatoms. The Morgan fingerprint density at radius 3 is 2.68 bits per heavy atom. The first-order valence-corrected chi connectivity index (χ1v) is 11.6. The first-order chi connectivity index (χ1) is 16.1. The maximum atomic E-state index is 10.7. The Morgan fingerprint density at radius 2 is 1.94 bits per heavy atom. The van der Waals surface area contributed by atoms with Gasteiger partial charge in [-0.1, -0.05) is 12.6 Å². The molecule has 4 aromatic rings. The lowest BCUT2D eigenvalue weighted by Crippen LogP contribution is -2.24. The Kier molecular flexibility index (Phi) is 5.33. The highest BCUT2D eigenvalue weighted by atomic mass is 16.5. The van der Waals surface area contributed by atoms with Crippen molar-refractivity contribution in [3.05, 3.63) is 77.3 Å². The van der Waals surface area contributed by atoms with Crippen molar-refractivity contribution in [1.29, 1.82) is 0 Å². The Hall–Kier alpha value is -3.44. The summed E-state index contributed by atoms with van der Waals surface area (Å²) >= 11 is 0. The molecule has 0 radical (unpaired) electrons. The summed E-state index contributed by atoms with van der Waals surface area (Å²) in [4.78, 5) is 9.62. The number of pyridine rings is 2. The zero-order valence-electron chi connectivity index (χ0n) is 20.4. The van der Waals surface area contributed by atoms with E-state index in [0.29, 0.717) is 6.61 Å². The summed E-state index contributed by atoms with van der Waals surface area (Å²) in [5.41, 5.74) is 7.22. The van der Waals surface area contributed by atoms with Crippen LogP contribution in [0.4, 0.5) is 0 Å². The van der Waals surface area contributed by atoms with Gasteiger partial charge in [0.1, 0.15) is 17.6 Å². The molecule has 174 valence electrons. The molecule has 5 rings (SSSR count). The maximum absolute atomic E-state index is 10.7. The van der Waals surface area contributed by atoms with E-state index in [9.17, 15) is 5.11 Å². The van der Waals surface area contributed by atoms with Crippen LogP contribution in [0.15, 0.2) is 54.9 Å². The van der Waals surface area contributed by atoms with Gasteiger partial charge in [0.15, 0.2) is 0 Å². The third-order valence-corrected chi connectivity index (χ3v) is 6.26. The van der Waals surface area contributed by atoms with E-state index in [1.807, 2.05) is 52.9 Å². The molecular formula is C29H30N2O3. The lowest BCUT2D eigenvalue weighted by atomic mass is 9.86. The predicted octanol–water partition coefficient (Wildman–Crippen LogP) is 6.93. The Balaban J connectivity index is 1.91. The molecule has 0 saturated heterocycles. The molecule has 0 amide bonds. The standard InChI is InChI=1S/C29H30N2O3/c1-16-15-22-20(8-7-17(2)31-22)26(24(16)28(18(3)32)34-29(4,5)6)21-9-10-23-25-19(12-14-33-23)11-13-30-27(21)25/h7-11,13,15,28,32H,3,12,14H2,1-2,4-6H3/t28-/m1/s1. The first kappa shape index (κ1) is 22.4. The predicted molar refractivity (Wildman–Crippen MR) is 137 cm³/mol. The van der Waals surface area contributed by atoms with Gasteiger partial charge in [0.05, 0.1) is 23.2 Å². The van der Waals surface area contributed by atoms with Crippen molar-refractivity contribution in [1.82, 2.24) is 9.97 Å². The van der Waals surface area contributed by atoms with Gasteiger partial charge in [-0.15, -0.1) is 0 Å². The highest BCUT2D eigenvalue weighted by Gasteiger charge is 2.30. The van der Waals surface area contributed by atoms with E-state index < -0.39 is 11.7 Å². The molecule has 2 aromatic carbocycles. The lowest BCUT2D eigenvalue weighted by Gasteiger charge is -2.30. The molecular weight excluding hydrogens is 424 g/mol. The fraction of sp³-hybridized carbons (Fsp3) is 0.310. The van der Waals surface area contributed by atoms with Crippen LogP contribution in [0, 0.1) is 13.8 Å². The van der Waals surface area contributed by atoms with Gasteiger partial charge in [0.25, 0.3) is 0 Å². The third-order valence-electron chi connectivity index (χ3n) is 6.26. The first-order valence-electron chi connectivity index (χ1n) is 11.6. The van der Waals surface area contributed by atoms with E-state index in [0.717, 1.165) is 61.9 Å². The summed E-state index contributed by atoms with van der Waals surface area (Å²) < 4.78 is 12.3. The van der Waals surface area contributed by atoms with Crippen molar-refractivity contribution in [2.24, 2.45) is 0 Å². The van der Waals surface area contributed by atoms with Crippen LogP contribution in [-0.4, -0.2) is 27.3 Å². The van der Waals surface area contributed by atoms with Crippen molar-refractivity contribution in [3.63, 3.8) is 0 Å². The molecule has 1 aliphatic heterocycles. The number of aliphatic hydroxyl groups is 1. The molecule has 1 N–H and O–H groups in total. The zero-order chi connectivity index (χ0) is 24.2. The van der Waals surface area contributed by atoms with Gasteiger partial charge in [-0.2, -0.15) is 0 Å². The van der Waals surface area contributed by atoms with Crippen molar-refractivity contribution in [2.75, 3.05) is 6.61 Å². The molecule has 5 nitrogen and oxygen atoms in total. The number of benzene rings is 2. The third kappa shape index (κ3) is 3.80. The van der Waals surface area contributed by atoms with Crippen LogP contribution >= 0.6 is 0 Å². The summed E-state index contributed by atoms with van der Waals surface area (Å²) in [6, 6.07) is 12.3. The van der Waals surface area contributed by atoms with Crippen LogP contribution in [0.5, 0.6) is 5.75 Å². The number of nitrogens with zero attached hydrogens (tertiary/aromatic N) is 2. The number of ether oxygens (including phenoxy) is 2. The highest BCUT2D eigenvalue weighted by Crippen LogP contribution is 2.45. The minimum atomic E-state index is -0.706. The van der Waals surface area contributed by atoms with Crippen molar-refractivity contribution in [2.45, 2.75) is 52.7 Å². The summed E-state index contributed by atoms with van der Waals surface area (Å²) in [7, 11) is 0. The Bertz CT molecular complexity index is 1440. The normalized spacial score (nSPS) is 14.3. The van der Waals surface area contributed by atoms with E-state index in [2.05, 4.69) is 30.8 Å². The zero-order valence-corrected chi connectivity index (χ0v) is 20.4. The summed E-state index contributed by atoms with van der Waals surface area (Å²) in [6.45, 7) is 14.5.